The van der Waals surface area contributed by atoms with Gasteiger partial charge in [0.15, 0.2) is 0 Å². The van der Waals surface area contributed by atoms with Gasteiger partial charge in [-0.2, -0.15) is 0 Å². The largest absolute Gasteiger partial charge is 0.490 e. The van der Waals surface area contributed by atoms with Crippen LogP contribution in [0.25, 0.3) is 0 Å². The lowest BCUT2D eigenvalue weighted by Crippen LogP contribution is -2.25. The molecule has 0 spiro atoms. The van der Waals surface area contributed by atoms with Gasteiger partial charge in [0.1, 0.15) is 5.75 Å². The molecule has 27 heavy (non-hydrogen) atoms. The van der Waals surface area contributed by atoms with Gasteiger partial charge in [0, 0.05) is 37.0 Å². The molecule has 1 saturated carbocycles. The molecule has 1 atom stereocenters. The van der Waals surface area contributed by atoms with Gasteiger partial charge in [0.2, 0.25) is 5.24 Å². The van der Waals surface area contributed by atoms with E-state index in [1.807, 2.05) is 18.5 Å². The van der Waals surface area contributed by atoms with E-state index in [0.717, 1.165) is 43.5 Å². The molecule has 1 aliphatic rings. The van der Waals surface area contributed by atoms with Crippen molar-refractivity contribution in [2.45, 2.75) is 57.1 Å². The molecule has 2 heterocycles. The molecular weight excluding hydrogens is 364 g/mol. The summed E-state index contributed by atoms with van der Waals surface area (Å²) in [5, 5.41) is -0.299. The summed E-state index contributed by atoms with van der Waals surface area (Å²) in [5.41, 5.74) is 6.46. The van der Waals surface area contributed by atoms with E-state index in [4.69, 9.17) is 22.1 Å². The van der Waals surface area contributed by atoms with Crippen LogP contribution in [0.1, 0.15) is 50.3 Å². The number of carbonyl (C=O) groups is 1. The maximum absolute atomic E-state index is 11.6. The molecule has 0 bridgehead atoms. The molecule has 1 unspecified atom stereocenters. The van der Waals surface area contributed by atoms with E-state index in [0.29, 0.717) is 25.4 Å². The van der Waals surface area contributed by atoms with E-state index < -0.39 is 0 Å². The van der Waals surface area contributed by atoms with Gasteiger partial charge in [-0.1, -0.05) is 0 Å². The zero-order chi connectivity index (χ0) is 19.1. The second-order valence-corrected chi connectivity index (χ2v) is 7.55. The van der Waals surface area contributed by atoms with E-state index in [1.54, 1.807) is 12.4 Å². The standard InChI is InChI=1S/C20H27ClN4O2/c21-20(26)15(2-1-9-22)12-16-13-25(14-24-16)17-3-5-18(6-4-17)27-19-7-10-23-11-8-19/h7-8,10-11,13-15,17-18H,1-6,9,12,22H2. The molecule has 2 aromatic rings. The molecule has 0 amide bonds. The fourth-order valence-electron chi connectivity index (χ4n) is 3.67. The molecule has 6 nitrogen and oxygen atoms in total. The lowest BCUT2D eigenvalue weighted by Gasteiger charge is -2.29. The molecule has 7 heteroatoms. The Hall–Kier alpha value is -1.92. The molecular formula is C20H27ClN4O2. The summed E-state index contributed by atoms with van der Waals surface area (Å²) in [6.07, 6.45) is 13.9. The minimum absolute atomic E-state index is 0.205. The monoisotopic (exact) mass is 390 g/mol. The number of aromatic nitrogens is 3. The number of halogens is 1. The first-order valence-electron chi connectivity index (χ1n) is 9.64. The van der Waals surface area contributed by atoms with E-state index >= 15 is 0 Å². The van der Waals surface area contributed by atoms with E-state index in [2.05, 4.69) is 20.7 Å². The lowest BCUT2D eigenvalue weighted by atomic mass is 9.92. The topological polar surface area (TPSA) is 83.0 Å². The zero-order valence-corrected chi connectivity index (χ0v) is 16.2. The SMILES string of the molecule is NCCCC(Cc1cn(C2CCC(Oc3ccncc3)CC2)cn1)C(=O)Cl. The predicted molar refractivity (Wildman–Crippen MR) is 105 cm³/mol. The van der Waals surface area contributed by atoms with Crippen molar-refractivity contribution in [3.8, 4) is 5.75 Å². The van der Waals surface area contributed by atoms with Crippen LogP contribution in [0.4, 0.5) is 0 Å². The molecule has 1 aliphatic carbocycles. The van der Waals surface area contributed by atoms with Crippen molar-refractivity contribution in [2.75, 3.05) is 6.54 Å². The van der Waals surface area contributed by atoms with Gasteiger partial charge >= 0.3 is 0 Å². The van der Waals surface area contributed by atoms with Gasteiger partial charge in [-0.05, 0) is 68.8 Å². The van der Waals surface area contributed by atoms with E-state index in [-0.39, 0.29) is 17.3 Å². The van der Waals surface area contributed by atoms with Crippen molar-refractivity contribution in [2.24, 2.45) is 11.7 Å². The Labute approximate surface area is 165 Å². The first-order chi connectivity index (χ1) is 13.2. The average Bonchev–Trinajstić information content (AvgIpc) is 3.15. The summed E-state index contributed by atoms with van der Waals surface area (Å²) in [4.78, 5) is 20.1. The van der Waals surface area contributed by atoms with Crippen molar-refractivity contribution in [1.29, 1.82) is 0 Å². The van der Waals surface area contributed by atoms with Crippen molar-refractivity contribution in [3.05, 3.63) is 42.7 Å². The third kappa shape index (κ3) is 5.78. The highest BCUT2D eigenvalue weighted by molar-refractivity contribution is 6.64. The van der Waals surface area contributed by atoms with Crippen LogP contribution in [0.2, 0.25) is 0 Å². The normalized spacial score (nSPS) is 21.0. The van der Waals surface area contributed by atoms with Gasteiger partial charge < -0.3 is 15.0 Å². The Balaban J connectivity index is 1.51. The van der Waals surface area contributed by atoms with Crippen LogP contribution in [-0.4, -0.2) is 32.4 Å². The molecule has 0 aliphatic heterocycles. The van der Waals surface area contributed by atoms with E-state index in [1.165, 1.54) is 0 Å². The lowest BCUT2D eigenvalue weighted by molar-refractivity contribution is -0.115. The summed E-state index contributed by atoms with van der Waals surface area (Å²) < 4.78 is 8.21. The van der Waals surface area contributed by atoms with Crippen LogP contribution < -0.4 is 10.5 Å². The summed E-state index contributed by atoms with van der Waals surface area (Å²) in [5.74, 6) is 0.677. The van der Waals surface area contributed by atoms with Crippen molar-refractivity contribution < 1.29 is 9.53 Å². The predicted octanol–water partition coefficient (Wildman–Crippen LogP) is 3.50. The molecule has 3 rings (SSSR count). The Kier molecular flexibility index (Phi) is 7.24. The van der Waals surface area contributed by atoms with Gasteiger partial charge in [-0.3, -0.25) is 9.78 Å². The second kappa shape index (κ2) is 9.85. The summed E-state index contributed by atoms with van der Waals surface area (Å²) >= 11 is 5.74. The minimum Gasteiger partial charge on any atom is -0.490 e. The number of ether oxygens (including phenoxy) is 1. The number of nitrogens with zero attached hydrogens (tertiary/aromatic N) is 3. The quantitative estimate of drug-likeness (QED) is 0.662. The number of pyridine rings is 1. The summed E-state index contributed by atoms with van der Waals surface area (Å²) in [7, 11) is 0. The van der Waals surface area contributed by atoms with Crippen LogP contribution in [-0.2, 0) is 11.2 Å². The van der Waals surface area contributed by atoms with Crippen molar-refractivity contribution >= 4 is 16.8 Å². The molecule has 146 valence electrons. The highest BCUT2D eigenvalue weighted by atomic mass is 35.5. The number of nitrogens with two attached hydrogens (primary N) is 1. The smallest absolute Gasteiger partial charge is 0.225 e. The summed E-state index contributed by atoms with van der Waals surface area (Å²) in [6.45, 7) is 0.569. The number of rotatable bonds is 9. The fraction of sp³-hybridized carbons (Fsp3) is 0.550. The third-order valence-corrected chi connectivity index (χ3v) is 5.51. The molecule has 1 fully saturated rings. The van der Waals surface area contributed by atoms with Crippen molar-refractivity contribution in [3.63, 3.8) is 0 Å². The number of hydrogen-bond donors (Lipinski definition) is 1. The number of imidazole rings is 1. The fourth-order valence-corrected chi connectivity index (χ4v) is 3.85. The first-order valence-corrected chi connectivity index (χ1v) is 10.0. The minimum atomic E-state index is -0.299. The highest BCUT2D eigenvalue weighted by Gasteiger charge is 2.24. The second-order valence-electron chi connectivity index (χ2n) is 7.18. The molecule has 0 saturated heterocycles. The highest BCUT2D eigenvalue weighted by Crippen LogP contribution is 2.31. The molecule has 2 aromatic heterocycles. The van der Waals surface area contributed by atoms with E-state index in [9.17, 15) is 4.79 Å². The van der Waals surface area contributed by atoms with Crippen LogP contribution in [0.5, 0.6) is 5.75 Å². The first kappa shape index (κ1) is 19.8. The third-order valence-electron chi connectivity index (χ3n) is 5.21. The molecule has 2 N–H and O–H groups in total. The summed E-state index contributed by atoms with van der Waals surface area (Å²) in [6, 6.07) is 4.22. The van der Waals surface area contributed by atoms with Crippen LogP contribution in [0, 0.1) is 5.92 Å². The van der Waals surface area contributed by atoms with Gasteiger partial charge in [-0.15, -0.1) is 0 Å². The Morgan fingerprint density at radius 2 is 2.04 bits per heavy atom. The van der Waals surface area contributed by atoms with Gasteiger partial charge in [0.25, 0.3) is 0 Å². The average molecular weight is 391 g/mol. The van der Waals surface area contributed by atoms with Crippen LogP contribution in [0.15, 0.2) is 37.1 Å². The maximum atomic E-state index is 11.6. The van der Waals surface area contributed by atoms with Crippen LogP contribution in [0.3, 0.4) is 0 Å². The molecule has 0 aromatic carbocycles. The maximum Gasteiger partial charge on any atom is 0.225 e. The van der Waals surface area contributed by atoms with Gasteiger partial charge in [-0.25, -0.2) is 4.98 Å². The zero-order valence-electron chi connectivity index (χ0n) is 15.5. The molecule has 0 radical (unpaired) electrons. The van der Waals surface area contributed by atoms with Gasteiger partial charge in [0.05, 0.1) is 18.1 Å². The van der Waals surface area contributed by atoms with Crippen molar-refractivity contribution in [1.82, 2.24) is 14.5 Å². The number of hydrogen-bond acceptors (Lipinski definition) is 5. The Bertz CT molecular complexity index is 714. The number of carbonyl (C=O) groups excluding carboxylic acids is 1. The Morgan fingerprint density at radius 3 is 2.70 bits per heavy atom. The van der Waals surface area contributed by atoms with Crippen LogP contribution >= 0.6 is 11.6 Å². The Morgan fingerprint density at radius 1 is 1.30 bits per heavy atom.